The molecule has 25 heavy (non-hydrogen) atoms. The van der Waals surface area contributed by atoms with E-state index in [4.69, 9.17) is 16.0 Å². The number of nitrogens with one attached hydrogen (secondary N) is 2. The van der Waals surface area contributed by atoms with Crippen LogP contribution in [0.25, 0.3) is 11.3 Å². The van der Waals surface area contributed by atoms with Crippen molar-refractivity contribution in [3.63, 3.8) is 0 Å². The van der Waals surface area contributed by atoms with Gasteiger partial charge in [-0.2, -0.15) is 0 Å². The van der Waals surface area contributed by atoms with Crippen LogP contribution in [0.1, 0.15) is 23.6 Å². The Hall–Kier alpha value is -2.08. The molecule has 2 aromatic heterocycles. The first-order chi connectivity index (χ1) is 12.1. The zero-order valence-corrected chi connectivity index (χ0v) is 15.4. The molecule has 2 N–H and O–H groups in total. The first-order valence-corrected chi connectivity index (χ1v) is 9.26. The summed E-state index contributed by atoms with van der Waals surface area (Å²) < 4.78 is 5.77. The van der Waals surface area contributed by atoms with Gasteiger partial charge in [0.2, 0.25) is 5.91 Å². The number of furan rings is 1. The highest BCUT2D eigenvalue weighted by Crippen LogP contribution is 2.23. The van der Waals surface area contributed by atoms with Crippen LogP contribution in [0.5, 0.6) is 0 Å². The molecule has 0 saturated carbocycles. The smallest absolute Gasteiger partial charge is 0.234 e. The van der Waals surface area contributed by atoms with Crippen molar-refractivity contribution >= 4 is 28.8 Å². The molecule has 1 amide bonds. The molecule has 1 aromatic carbocycles. The fraction of sp³-hybridized carbons (Fsp3) is 0.211. The van der Waals surface area contributed by atoms with E-state index in [2.05, 4.69) is 16.7 Å². The molecule has 0 aliphatic carbocycles. The highest BCUT2D eigenvalue weighted by atomic mass is 35.5. The molecule has 0 saturated heterocycles. The number of hydrogen-bond donors (Lipinski definition) is 2. The average Bonchev–Trinajstić information content (AvgIpc) is 3.30. The number of carbonyl (C=O) groups excluding carboxylic acids is 1. The predicted octanol–water partition coefficient (Wildman–Crippen LogP) is 4.63. The van der Waals surface area contributed by atoms with Gasteiger partial charge >= 0.3 is 0 Å². The quantitative estimate of drug-likeness (QED) is 0.634. The van der Waals surface area contributed by atoms with Gasteiger partial charge in [-0.15, -0.1) is 11.3 Å². The number of hydrogen-bond acceptors (Lipinski definition) is 4. The van der Waals surface area contributed by atoms with Crippen molar-refractivity contribution in [2.45, 2.75) is 19.5 Å². The Labute approximate surface area is 155 Å². The van der Waals surface area contributed by atoms with Crippen LogP contribution in [0.2, 0.25) is 5.02 Å². The maximum Gasteiger partial charge on any atom is 0.234 e. The summed E-state index contributed by atoms with van der Waals surface area (Å²) in [4.78, 5) is 13.2. The van der Waals surface area contributed by atoms with E-state index in [9.17, 15) is 4.79 Å². The molecule has 0 bridgehead atoms. The monoisotopic (exact) mass is 374 g/mol. The summed E-state index contributed by atoms with van der Waals surface area (Å²) in [5.74, 6) is 1.41. The maximum atomic E-state index is 12.0. The molecule has 0 unspecified atom stereocenters. The predicted molar refractivity (Wildman–Crippen MR) is 102 cm³/mol. The lowest BCUT2D eigenvalue weighted by Crippen LogP contribution is -2.34. The molecule has 3 rings (SSSR count). The summed E-state index contributed by atoms with van der Waals surface area (Å²) in [7, 11) is 0. The van der Waals surface area contributed by atoms with Gasteiger partial charge in [-0.3, -0.25) is 4.79 Å². The maximum absolute atomic E-state index is 12.0. The number of carbonyl (C=O) groups is 1. The van der Waals surface area contributed by atoms with Crippen molar-refractivity contribution in [1.82, 2.24) is 10.6 Å². The molecule has 0 aliphatic heterocycles. The Morgan fingerprint density at radius 2 is 2.00 bits per heavy atom. The molecule has 0 fully saturated rings. The summed E-state index contributed by atoms with van der Waals surface area (Å²) in [6.07, 6.45) is 0. The van der Waals surface area contributed by atoms with Crippen LogP contribution in [0.3, 0.4) is 0 Å². The van der Waals surface area contributed by atoms with Gasteiger partial charge in [0.15, 0.2) is 0 Å². The van der Waals surface area contributed by atoms with Gasteiger partial charge in [-0.1, -0.05) is 17.7 Å². The SMILES string of the molecule is C[C@H](NCC(=O)NCc1ccc(-c2ccc(Cl)cc2)o1)c1cccs1. The second kappa shape index (κ2) is 8.34. The Morgan fingerprint density at radius 3 is 2.72 bits per heavy atom. The first kappa shape index (κ1) is 17.7. The summed E-state index contributed by atoms with van der Waals surface area (Å²) in [5, 5.41) is 8.79. The number of halogens is 1. The van der Waals surface area contributed by atoms with E-state index < -0.39 is 0 Å². The second-order valence-electron chi connectivity index (χ2n) is 5.67. The lowest BCUT2D eigenvalue weighted by molar-refractivity contribution is -0.120. The highest BCUT2D eigenvalue weighted by molar-refractivity contribution is 7.10. The number of amides is 1. The summed E-state index contributed by atoms with van der Waals surface area (Å²) >= 11 is 7.57. The van der Waals surface area contributed by atoms with Crippen LogP contribution in [0, 0.1) is 0 Å². The largest absolute Gasteiger partial charge is 0.459 e. The fourth-order valence-corrected chi connectivity index (χ4v) is 3.26. The van der Waals surface area contributed by atoms with E-state index in [1.54, 1.807) is 11.3 Å². The molecule has 0 spiro atoms. The topological polar surface area (TPSA) is 54.3 Å². The van der Waals surface area contributed by atoms with Crippen LogP contribution in [0.4, 0.5) is 0 Å². The van der Waals surface area contributed by atoms with Gasteiger partial charge in [-0.05, 0) is 54.8 Å². The zero-order chi connectivity index (χ0) is 17.6. The lowest BCUT2D eigenvalue weighted by atomic mass is 10.2. The summed E-state index contributed by atoms with van der Waals surface area (Å²) in [6, 6.07) is 15.4. The summed E-state index contributed by atoms with van der Waals surface area (Å²) in [6.45, 7) is 2.68. The minimum atomic E-state index is -0.0622. The zero-order valence-electron chi connectivity index (χ0n) is 13.8. The molecule has 130 valence electrons. The molecule has 2 heterocycles. The van der Waals surface area contributed by atoms with Crippen LogP contribution < -0.4 is 10.6 Å². The van der Waals surface area contributed by atoms with Gasteiger partial charge in [0.1, 0.15) is 11.5 Å². The van der Waals surface area contributed by atoms with Crippen LogP contribution in [-0.4, -0.2) is 12.5 Å². The molecule has 0 aliphatic rings. The van der Waals surface area contributed by atoms with E-state index in [0.29, 0.717) is 17.3 Å². The van der Waals surface area contributed by atoms with Crippen molar-refractivity contribution < 1.29 is 9.21 Å². The number of rotatable bonds is 7. The van der Waals surface area contributed by atoms with Crippen LogP contribution in [0.15, 0.2) is 58.3 Å². The van der Waals surface area contributed by atoms with Gasteiger partial charge in [0, 0.05) is 21.5 Å². The minimum Gasteiger partial charge on any atom is -0.459 e. The molecule has 3 aromatic rings. The molecular weight excluding hydrogens is 356 g/mol. The molecular formula is C19H19ClN2O2S. The number of thiophene rings is 1. The normalized spacial score (nSPS) is 12.1. The van der Waals surface area contributed by atoms with Crippen molar-refractivity contribution in [2.75, 3.05) is 6.54 Å². The van der Waals surface area contributed by atoms with Gasteiger partial charge < -0.3 is 15.1 Å². The highest BCUT2D eigenvalue weighted by Gasteiger charge is 2.10. The minimum absolute atomic E-state index is 0.0622. The van der Waals surface area contributed by atoms with Gasteiger partial charge in [0.05, 0.1) is 13.1 Å². The van der Waals surface area contributed by atoms with Crippen molar-refractivity contribution in [2.24, 2.45) is 0 Å². The Balaban J connectivity index is 1.47. The molecule has 4 nitrogen and oxygen atoms in total. The van der Waals surface area contributed by atoms with Crippen molar-refractivity contribution in [3.8, 4) is 11.3 Å². The first-order valence-electron chi connectivity index (χ1n) is 8.00. The Morgan fingerprint density at radius 1 is 1.20 bits per heavy atom. The van der Waals surface area contributed by atoms with Gasteiger partial charge in [-0.25, -0.2) is 0 Å². The van der Waals surface area contributed by atoms with E-state index in [0.717, 1.165) is 11.3 Å². The van der Waals surface area contributed by atoms with Gasteiger partial charge in [0.25, 0.3) is 0 Å². The third-order valence-electron chi connectivity index (χ3n) is 3.79. The van der Waals surface area contributed by atoms with E-state index in [1.165, 1.54) is 4.88 Å². The third kappa shape index (κ3) is 4.95. The fourth-order valence-electron chi connectivity index (χ4n) is 2.37. The summed E-state index contributed by atoms with van der Waals surface area (Å²) in [5.41, 5.74) is 0.952. The Kier molecular flexibility index (Phi) is 5.91. The van der Waals surface area contributed by atoms with E-state index >= 15 is 0 Å². The Bertz CT molecular complexity index is 812. The number of benzene rings is 1. The van der Waals surface area contributed by atoms with Crippen LogP contribution in [-0.2, 0) is 11.3 Å². The molecule has 6 heteroatoms. The van der Waals surface area contributed by atoms with Crippen molar-refractivity contribution in [3.05, 3.63) is 69.6 Å². The lowest BCUT2D eigenvalue weighted by Gasteiger charge is -2.11. The molecule has 1 atom stereocenters. The van der Waals surface area contributed by atoms with Crippen molar-refractivity contribution in [1.29, 1.82) is 0 Å². The average molecular weight is 375 g/mol. The van der Waals surface area contributed by atoms with Crippen LogP contribution >= 0.6 is 22.9 Å². The van der Waals surface area contributed by atoms with E-state index in [1.807, 2.05) is 54.8 Å². The second-order valence-corrected chi connectivity index (χ2v) is 7.08. The van der Waals surface area contributed by atoms with E-state index in [-0.39, 0.29) is 18.5 Å². The standard InChI is InChI=1S/C19H19ClN2O2S/c1-13(18-3-2-10-25-18)21-12-19(23)22-11-16-8-9-17(24-16)14-4-6-15(20)7-5-14/h2-10,13,21H,11-12H2,1H3,(H,22,23)/t13-/m0/s1. The third-order valence-corrected chi connectivity index (χ3v) is 5.10. The molecule has 0 radical (unpaired) electrons.